The van der Waals surface area contributed by atoms with Crippen LogP contribution in [0, 0.1) is 0 Å². The molecule has 0 aliphatic heterocycles. The summed E-state index contributed by atoms with van der Waals surface area (Å²) in [6.07, 6.45) is 2.24. The summed E-state index contributed by atoms with van der Waals surface area (Å²) >= 11 is 0. The van der Waals surface area contributed by atoms with E-state index < -0.39 is 0 Å². The smallest absolute Gasteiger partial charge is 0.191 e. The molecule has 0 unspecified atom stereocenters. The Morgan fingerprint density at radius 1 is 1.35 bits per heavy atom. The quantitative estimate of drug-likeness (QED) is 0.301. The van der Waals surface area contributed by atoms with Crippen LogP contribution in [0.1, 0.15) is 25.3 Å². The number of unbranched alkanes of at least 4 members (excludes halogenated alkanes) is 1. The number of nitrogens with zero attached hydrogens (tertiary/aromatic N) is 1. The number of benzene rings is 1. The lowest BCUT2D eigenvalue weighted by Gasteiger charge is -2.13. The third-order valence-corrected chi connectivity index (χ3v) is 2.78. The Balaban J connectivity index is 0.00000361. The van der Waals surface area contributed by atoms with E-state index in [2.05, 4.69) is 22.5 Å². The van der Waals surface area contributed by atoms with Crippen molar-refractivity contribution < 1.29 is 9.84 Å². The molecule has 6 heteroatoms. The summed E-state index contributed by atoms with van der Waals surface area (Å²) < 4.78 is 5.14. The molecule has 0 spiro atoms. The molecule has 0 saturated heterocycles. The molecule has 1 rings (SSSR count). The number of hydrogen-bond donors (Lipinski definition) is 3. The summed E-state index contributed by atoms with van der Waals surface area (Å²) in [5.74, 6) is 1.71. The molecule has 1 aromatic carbocycles. The number of phenolic OH excluding ortho intramolecular Hbond substituents is 1. The van der Waals surface area contributed by atoms with E-state index in [-0.39, 0.29) is 29.7 Å². The predicted molar refractivity (Wildman–Crippen MR) is 93.2 cm³/mol. The van der Waals surface area contributed by atoms with Gasteiger partial charge in [0, 0.05) is 25.7 Å². The zero-order valence-corrected chi connectivity index (χ0v) is 14.6. The second-order valence-electron chi connectivity index (χ2n) is 4.20. The number of hydrogen-bond acceptors (Lipinski definition) is 3. The van der Waals surface area contributed by atoms with Crippen molar-refractivity contribution >= 4 is 29.9 Å². The summed E-state index contributed by atoms with van der Waals surface area (Å²) in [7, 11) is 3.33. The van der Waals surface area contributed by atoms with Gasteiger partial charge in [-0.25, -0.2) is 0 Å². The first-order chi connectivity index (χ1) is 9.21. The summed E-state index contributed by atoms with van der Waals surface area (Å²) in [5.41, 5.74) is 0.776. The second-order valence-corrected chi connectivity index (χ2v) is 4.20. The number of guanidine groups is 1. The lowest BCUT2D eigenvalue weighted by atomic mass is 10.2. The third-order valence-electron chi connectivity index (χ3n) is 2.78. The van der Waals surface area contributed by atoms with Gasteiger partial charge in [-0.05, 0) is 24.6 Å². The molecular formula is C14H24IN3O2. The van der Waals surface area contributed by atoms with Crippen LogP contribution in [-0.2, 0) is 6.54 Å². The summed E-state index contributed by atoms with van der Waals surface area (Å²) in [4.78, 5) is 4.13. The molecule has 0 aliphatic carbocycles. The number of nitrogens with one attached hydrogen (secondary N) is 2. The molecule has 0 amide bonds. The molecule has 5 nitrogen and oxygen atoms in total. The van der Waals surface area contributed by atoms with Gasteiger partial charge in [-0.1, -0.05) is 13.3 Å². The van der Waals surface area contributed by atoms with Gasteiger partial charge in [0.15, 0.2) is 5.96 Å². The minimum absolute atomic E-state index is 0. The summed E-state index contributed by atoms with van der Waals surface area (Å²) in [6.45, 7) is 3.53. The van der Waals surface area contributed by atoms with Crippen molar-refractivity contribution in [1.82, 2.24) is 10.6 Å². The van der Waals surface area contributed by atoms with E-state index in [4.69, 9.17) is 4.74 Å². The van der Waals surface area contributed by atoms with Crippen LogP contribution in [0.3, 0.4) is 0 Å². The number of ether oxygens (including phenoxy) is 1. The van der Waals surface area contributed by atoms with Gasteiger partial charge in [-0.15, -0.1) is 24.0 Å². The second kappa shape index (κ2) is 10.6. The van der Waals surface area contributed by atoms with E-state index in [1.54, 1.807) is 26.3 Å². The number of halogens is 1. The van der Waals surface area contributed by atoms with Crippen LogP contribution in [0.4, 0.5) is 0 Å². The monoisotopic (exact) mass is 393 g/mol. The third kappa shape index (κ3) is 6.31. The summed E-state index contributed by atoms with van der Waals surface area (Å²) in [6, 6.07) is 5.16. The van der Waals surface area contributed by atoms with E-state index in [1.165, 1.54) is 0 Å². The molecule has 0 fully saturated rings. The molecule has 20 heavy (non-hydrogen) atoms. The maximum atomic E-state index is 9.77. The highest BCUT2D eigenvalue weighted by atomic mass is 127. The van der Waals surface area contributed by atoms with Crippen molar-refractivity contribution in [2.45, 2.75) is 26.3 Å². The molecule has 0 heterocycles. The van der Waals surface area contributed by atoms with Gasteiger partial charge >= 0.3 is 0 Å². The van der Waals surface area contributed by atoms with Gasteiger partial charge < -0.3 is 20.5 Å². The number of aliphatic imine (C=N–C) groups is 1. The lowest BCUT2D eigenvalue weighted by Crippen LogP contribution is -2.37. The fourth-order valence-corrected chi connectivity index (χ4v) is 1.61. The van der Waals surface area contributed by atoms with Gasteiger partial charge in [-0.3, -0.25) is 4.99 Å². The Morgan fingerprint density at radius 3 is 2.70 bits per heavy atom. The van der Waals surface area contributed by atoms with Crippen LogP contribution in [-0.4, -0.2) is 31.8 Å². The van der Waals surface area contributed by atoms with Crippen molar-refractivity contribution in [1.29, 1.82) is 0 Å². The Kier molecular flexibility index (Phi) is 9.96. The Labute approximate surface area is 137 Å². The molecule has 0 aliphatic rings. The molecule has 114 valence electrons. The zero-order valence-electron chi connectivity index (χ0n) is 12.3. The van der Waals surface area contributed by atoms with Gasteiger partial charge in [-0.2, -0.15) is 0 Å². The highest BCUT2D eigenvalue weighted by Gasteiger charge is 2.04. The molecule has 0 bridgehead atoms. The molecule has 0 aromatic heterocycles. The van der Waals surface area contributed by atoms with E-state index >= 15 is 0 Å². The minimum atomic E-state index is 0. The first-order valence-electron chi connectivity index (χ1n) is 6.51. The molecule has 0 radical (unpaired) electrons. The molecule has 3 N–H and O–H groups in total. The Morgan fingerprint density at radius 2 is 2.10 bits per heavy atom. The van der Waals surface area contributed by atoms with E-state index in [0.29, 0.717) is 6.54 Å². The highest BCUT2D eigenvalue weighted by molar-refractivity contribution is 14.0. The molecule has 1 aromatic rings. The fraction of sp³-hybridized carbons (Fsp3) is 0.500. The van der Waals surface area contributed by atoms with Crippen LogP contribution in [0.25, 0.3) is 0 Å². The van der Waals surface area contributed by atoms with Crippen LogP contribution in [0.2, 0.25) is 0 Å². The zero-order chi connectivity index (χ0) is 14.1. The van der Waals surface area contributed by atoms with Gasteiger partial charge in [0.05, 0.1) is 7.11 Å². The largest absolute Gasteiger partial charge is 0.508 e. The first kappa shape index (κ1) is 18.8. The topological polar surface area (TPSA) is 65.9 Å². The van der Waals surface area contributed by atoms with Crippen molar-refractivity contribution in [3.8, 4) is 11.5 Å². The van der Waals surface area contributed by atoms with Crippen molar-refractivity contribution in [3.63, 3.8) is 0 Å². The normalized spacial score (nSPS) is 10.7. The molecular weight excluding hydrogens is 369 g/mol. The van der Waals surface area contributed by atoms with Gasteiger partial charge in [0.2, 0.25) is 0 Å². The lowest BCUT2D eigenvalue weighted by molar-refractivity contribution is 0.410. The maximum absolute atomic E-state index is 9.77. The first-order valence-corrected chi connectivity index (χ1v) is 6.51. The average Bonchev–Trinajstić information content (AvgIpc) is 2.44. The van der Waals surface area contributed by atoms with Crippen molar-refractivity contribution in [2.75, 3.05) is 20.7 Å². The van der Waals surface area contributed by atoms with E-state index in [9.17, 15) is 5.11 Å². The van der Waals surface area contributed by atoms with Gasteiger partial charge in [0.25, 0.3) is 0 Å². The van der Waals surface area contributed by atoms with Crippen molar-refractivity contribution in [3.05, 3.63) is 23.8 Å². The number of rotatable bonds is 6. The fourth-order valence-electron chi connectivity index (χ4n) is 1.61. The molecule has 0 atom stereocenters. The van der Waals surface area contributed by atoms with Crippen molar-refractivity contribution in [2.24, 2.45) is 4.99 Å². The van der Waals surface area contributed by atoms with Crippen LogP contribution in [0.5, 0.6) is 11.5 Å². The Hall–Kier alpha value is -1.18. The highest BCUT2D eigenvalue weighted by Crippen LogP contribution is 2.22. The van der Waals surface area contributed by atoms with Crippen LogP contribution >= 0.6 is 24.0 Å². The SMILES string of the molecule is CCCCNC(=NC)NCc1cc(OC)ccc1O.I. The standard InChI is InChI=1S/C14H23N3O2.HI/c1-4-5-8-16-14(15-2)17-10-11-9-12(19-3)6-7-13(11)18;/h6-7,9,18H,4-5,8,10H2,1-3H3,(H2,15,16,17);1H. The Bertz CT molecular complexity index is 425. The number of methoxy groups -OCH3 is 1. The minimum Gasteiger partial charge on any atom is -0.508 e. The van der Waals surface area contributed by atoms with Crippen LogP contribution < -0.4 is 15.4 Å². The van der Waals surface area contributed by atoms with E-state index in [0.717, 1.165) is 36.7 Å². The number of aromatic hydroxyl groups is 1. The van der Waals surface area contributed by atoms with Gasteiger partial charge in [0.1, 0.15) is 11.5 Å². The maximum Gasteiger partial charge on any atom is 0.191 e. The van der Waals surface area contributed by atoms with E-state index in [1.807, 2.05) is 6.07 Å². The summed E-state index contributed by atoms with van der Waals surface area (Å²) in [5, 5.41) is 16.1. The molecule has 0 saturated carbocycles. The van der Waals surface area contributed by atoms with Crippen LogP contribution in [0.15, 0.2) is 23.2 Å². The predicted octanol–water partition coefficient (Wildman–Crippen LogP) is 2.48. The average molecular weight is 393 g/mol. The number of phenols is 1.